The van der Waals surface area contributed by atoms with Gasteiger partial charge in [-0.05, 0) is 62.3 Å². The van der Waals surface area contributed by atoms with Gasteiger partial charge in [-0.2, -0.15) is 0 Å². The average Bonchev–Trinajstić information content (AvgIpc) is 2.74. The van der Waals surface area contributed by atoms with Crippen LogP contribution in [-0.4, -0.2) is 35.3 Å². The van der Waals surface area contributed by atoms with Crippen LogP contribution < -0.4 is 5.32 Å². The molecule has 0 radical (unpaired) electrons. The monoisotopic (exact) mass is 408 g/mol. The minimum absolute atomic E-state index is 0.000311. The van der Waals surface area contributed by atoms with E-state index in [1.54, 1.807) is 4.90 Å². The van der Waals surface area contributed by atoms with Crippen molar-refractivity contribution in [3.8, 4) is 0 Å². The highest BCUT2D eigenvalue weighted by Crippen LogP contribution is 2.15. The van der Waals surface area contributed by atoms with Crippen LogP contribution >= 0.6 is 0 Å². The first-order valence-corrected chi connectivity index (χ1v) is 11.1. The van der Waals surface area contributed by atoms with Crippen molar-refractivity contribution in [2.24, 2.45) is 0 Å². The number of hydrogen-bond acceptors (Lipinski definition) is 2. The van der Waals surface area contributed by atoms with Crippen LogP contribution in [0.1, 0.15) is 55.9 Å². The van der Waals surface area contributed by atoms with E-state index >= 15 is 0 Å². The molecule has 0 saturated heterocycles. The predicted octanol–water partition coefficient (Wildman–Crippen LogP) is 4.61. The van der Waals surface area contributed by atoms with E-state index in [0.717, 1.165) is 18.4 Å². The summed E-state index contributed by atoms with van der Waals surface area (Å²) in [5.74, 6) is -0.0614. The van der Waals surface area contributed by atoms with Gasteiger partial charge in [-0.15, -0.1) is 0 Å². The van der Waals surface area contributed by atoms with Crippen LogP contribution in [0.25, 0.3) is 0 Å². The van der Waals surface area contributed by atoms with Crippen molar-refractivity contribution in [1.82, 2.24) is 10.2 Å². The van der Waals surface area contributed by atoms with Gasteiger partial charge in [0.1, 0.15) is 6.04 Å². The van der Waals surface area contributed by atoms with Gasteiger partial charge in [0.15, 0.2) is 0 Å². The Morgan fingerprint density at radius 2 is 1.63 bits per heavy atom. The third-order valence-corrected chi connectivity index (χ3v) is 5.80. The van der Waals surface area contributed by atoms with Crippen molar-refractivity contribution in [2.75, 3.05) is 6.54 Å². The molecule has 0 unspecified atom stereocenters. The number of benzene rings is 2. The van der Waals surface area contributed by atoms with Gasteiger partial charge < -0.3 is 10.2 Å². The summed E-state index contributed by atoms with van der Waals surface area (Å²) < 4.78 is 0. The molecule has 4 nitrogen and oxygen atoms in total. The number of rotatable bonds is 10. The third kappa shape index (κ3) is 6.72. The second-order valence-corrected chi connectivity index (χ2v) is 8.16. The van der Waals surface area contributed by atoms with Crippen molar-refractivity contribution in [3.05, 3.63) is 70.8 Å². The molecule has 0 bridgehead atoms. The van der Waals surface area contributed by atoms with Crippen molar-refractivity contribution >= 4 is 11.8 Å². The fraction of sp³-hybridized carbons (Fsp3) is 0.462. The van der Waals surface area contributed by atoms with E-state index in [-0.39, 0.29) is 17.9 Å². The minimum Gasteiger partial charge on any atom is -0.352 e. The van der Waals surface area contributed by atoms with E-state index < -0.39 is 6.04 Å². The largest absolute Gasteiger partial charge is 0.352 e. The normalized spacial score (nSPS) is 12.8. The first-order valence-electron chi connectivity index (χ1n) is 11.1. The summed E-state index contributed by atoms with van der Waals surface area (Å²) >= 11 is 0. The molecular weight excluding hydrogens is 372 g/mol. The highest BCUT2D eigenvalue weighted by atomic mass is 16.2. The maximum absolute atomic E-state index is 13.3. The Morgan fingerprint density at radius 1 is 0.933 bits per heavy atom. The number of hydrogen-bond donors (Lipinski definition) is 1. The average molecular weight is 409 g/mol. The number of nitrogens with one attached hydrogen (secondary N) is 1. The van der Waals surface area contributed by atoms with Crippen LogP contribution in [0.5, 0.6) is 0 Å². The maximum Gasteiger partial charge on any atom is 0.243 e. The summed E-state index contributed by atoms with van der Waals surface area (Å²) in [5.41, 5.74) is 4.55. The first kappa shape index (κ1) is 23.7. The van der Waals surface area contributed by atoms with Crippen molar-refractivity contribution in [3.63, 3.8) is 0 Å². The molecule has 2 atom stereocenters. The Labute approximate surface area is 181 Å². The van der Waals surface area contributed by atoms with Gasteiger partial charge in [0, 0.05) is 12.6 Å². The topological polar surface area (TPSA) is 49.4 Å². The Hall–Kier alpha value is -2.62. The molecule has 0 aromatic heterocycles. The molecule has 0 aliphatic rings. The molecule has 1 N–H and O–H groups in total. The van der Waals surface area contributed by atoms with E-state index in [1.165, 1.54) is 16.7 Å². The molecule has 30 heavy (non-hydrogen) atoms. The van der Waals surface area contributed by atoms with Crippen molar-refractivity contribution in [1.29, 1.82) is 0 Å². The molecule has 162 valence electrons. The van der Waals surface area contributed by atoms with Gasteiger partial charge in [0.05, 0.1) is 6.42 Å². The van der Waals surface area contributed by atoms with Crippen molar-refractivity contribution in [2.45, 2.75) is 72.4 Å². The van der Waals surface area contributed by atoms with E-state index in [4.69, 9.17) is 0 Å². The summed E-state index contributed by atoms with van der Waals surface area (Å²) in [6, 6.07) is 15.9. The molecule has 0 fully saturated rings. The molecule has 2 rings (SSSR count). The smallest absolute Gasteiger partial charge is 0.243 e. The highest BCUT2D eigenvalue weighted by Gasteiger charge is 2.28. The standard InChI is InChI=1S/C26H36N2O2/c1-6-21(5)27-26(30)24(7-2)28(16-15-22-11-9-8-10-12-22)25(29)18-23-14-13-19(3)20(4)17-23/h8-14,17,21,24H,6-7,15-16,18H2,1-5H3,(H,27,30)/t21-,24-/m1/s1. The Balaban J connectivity index is 2.22. The quantitative estimate of drug-likeness (QED) is 0.624. The summed E-state index contributed by atoms with van der Waals surface area (Å²) in [6.45, 7) is 10.7. The van der Waals surface area contributed by atoms with Crippen LogP contribution in [0, 0.1) is 13.8 Å². The van der Waals surface area contributed by atoms with Gasteiger partial charge in [0.25, 0.3) is 0 Å². The van der Waals surface area contributed by atoms with E-state index in [2.05, 4.69) is 43.4 Å². The molecule has 2 aromatic rings. The SMILES string of the molecule is CC[C@@H](C)NC(=O)[C@@H](CC)N(CCc1ccccc1)C(=O)Cc1ccc(C)c(C)c1. The molecule has 4 heteroatoms. The van der Waals surface area contributed by atoms with Crippen LogP contribution in [-0.2, 0) is 22.4 Å². The molecule has 2 aromatic carbocycles. The predicted molar refractivity (Wildman–Crippen MR) is 123 cm³/mol. The Kier molecular flexibility index (Phi) is 9.10. The second-order valence-electron chi connectivity index (χ2n) is 8.16. The van der Waals surface area contributed by atoms with Crippen LogP contribution in [0.2, 0.25) is 0 Å². The number of nitrogens with zero attached hydrogens (tertiary/aromatic N) is 1. The minimum atomic E-state index is -0.457. The molecule has 2 amide bonds. The van der Waals surface area contributed by atoms with E-state index in [9.17, 15) is 9.59 Å². The first-order chi connectivity index (χ1) is 14.3. The fourth-order valence-corrected chi connectivity index (χ4v) is 3.53. The van der Waals surface area contributed by atoms with Gasteiger partial charge >= 0.3 is 0 Å². The lowest BCUT2D eigenvalue weighted by atomic mass is 10.0. The fourth-order valence-electron chi connectivity index (χ4n) is 3.53. The van der Waals surface area contributed by atoms with E-state index in [0.29, 0.717) is 19.4 Å². The third-order valence-electron chi connectivity index (χ3n) is 5.80. The molecule has 0 spiro atoms. The summed E-state index contributed by atoms with van der Waals surface area (Å²) in [7, 11) is 0. The summed E-state index contributed by atoms with van der Waals surface area (Å²) in [4.78, 5) is 28.1. The van der Waals surface area contributed by atoms with E-state index in [1.807, 2.05) is 45.0 Å². The lowest BCUT2D eigenvalue weighted by Gasteiger charge is -2.31. The summed E-state index contributed by atoms with van der Waals surface area (Å²) in [5, 5.41) is 3.06. The van der Waals surface area contributed by atoms with Gasteiger partial charge in [-0.25, -0.2) is 0 Å². The molecule has 0 aliphatic carbocycles. The number of amides is 2. The molecule has 0 heterocycles. The van der Waals surface area contributed by atoms with Crippen LogP contribution in [0.4, 0.5) is 0 Å². The number of carbonyl (C=O) groups is 2. The van der Waals surface area contributed by atoms with Crippen molar-refractivity contribution < 1.29 is 9.59 Å². The zero-order valence-corrected chi connectivity index (χ0v) is 19.1. The Morgan fingerprint density at radius 3 is 2.23 bits per heavy atom. The maximum atomic E-state index is 13.3. The lowest BCUT2D eigenvalue weighted by Crippen LogP contribution is -2.52. The highest BCUT2D eigenvalue weighted by molar-refractivity contribution is 5.88. The number of aryl methyl sites for hydroxylation is 2. The summed E-state index contributed by atoms with van der Waals surface area (Å²) in [6.07, 6.45) is 2.49. The molecule has 0 aliphatic heterocycles. The van der Waals surface area contributed by atoms with Crippen LogP contribution in [0.3, 0.4) is 0 Å². The lowest BCUT2D eigenvalue weighted by molar-refractivity contribution is -0.140. The number of carbonyl (C=O) groups excluding carboxylic acids is 2. The second kappa shape index (κ2) is 11.5. The zero-order valence-electron chi connectivity index (χ0n) is 19.1. The van der Waals surface area contributed by atoms with Gasteiger partial charge in [-0.1, -0.05) is 62.4 Å². The zero-order chi connectivity index (χ0) is 22.1. The van der Waals surface area contributed by atoms with Gasteiger partial charge in [0.2, 0.25) is 11.8 Å². The Bertz CT molecular complexity index is 832. The van der Waals surface area contributed by atoms with Gasteiger partial charge in [-0.3, -0.25) is 9.59 Å². The molecular formula is C26H36N2O2. The molecule has 0 saturated carbocycles. The van der Waals surface area contributed by atoms with Crippen LogP contribution in [0.15, 0.2) is 48.5 Å².